The maximum Gasteiger partial charge on any atom is 0.143 e. The van der Waals surface area contributed by atoms with Gasteiger partial charge in [-0.05, 0) is 38.4 Å². The summed E-state index contributed by atoms with van der Waals surface area (Å²) in [5, 5.41) is 12.7. The molecule has 1 aliphatic carbocycles. The van der Waals surface area contributed by atoms with Crippen LogP contribution in [0.1, 0.15) is 36.8 Å². The van der Waals surface area contributed by atoms with E-state index in [9.17, 15) is 5.26 Å². The minimum atomic E-state index is 0. The lowest BCUT2D eigenvalue weighted by Crippen LogP contribution is -2.39. The molecule has 3 aliphatic rings. The molecule has 146 valence electrons. The minimum Gasteiger partial charge on any atom is -0.355 e. The van der Waals surface area contributed by atoms with Crippen molar-refractivity contribution in [1.29, 1.82) is 5.26 Å². The van der Waals surface area contributed by atoms with Crippen molar-refractivity contribution in [2.45, 2.75) is 37.1 Å². The van der Waals surface area contributed by atoms with Crippen molar-refractivity contribution >= 4 is 29.9 Å². The first-order valence-electron chi connectivity index (χ1n) is 9.65. The summed E-state index contributed by atoms with van der Waals surface area (Å²) in [5.41, 5.74) is 2.03. The van der Waals surface area contributed by atoms with Crippen LogP contribution in [0, 0.1) is 11.3 Å². The van der Waals surface area contributed by atoms with Crippen LogP contribution in [0.3, 0.4) is 0 Å². The van der Waals surface area contributed by atoms with Gasteiger partial charge in [0.2, 0.25) is 0 Å². The molecule has 2 fully saturated rings. The van der Waals surface area contributed by atoms with Crippen LogP contribution in [0.25, 0.3) is 0 Å². The van der Waals surface area contributed by atoms with Gasteiger partial charge in [-0.1, -0.05) is 6.42 Å². The van der Waals surface area contributed by atoms with Crippen molar-refractivity contribution in [2.24, 2.45) is 0 Å². The monoisotopic (exact) mass is 397 g/mol. The number of hydrogen-bond acceptors (Lipinski definition) is 7. The van der Waals surface area contributed by atoms with E-state index in [2.05, 4.69) is 31.2 Å². The van der Waals surface area contributed by atoms with Crippen molar-refractivity contribution in [3.05, 3.63) is 35.8 Å². The summed E-state index contributed by atoms with van der Waals surface area (Å²) < 4.78 is 0. The largest absolute Gasteiger partial charge is 0.355 e. The zero-order valence-corrected chi connectivity index (χ0v) is 16.7. The maximum atomic E-state index is 9.26. The zero-order valence-electron chi connectivity index (χ0n) is 15.9. The van der Waals surface area contributed by atoms with Gasteiger partial charge in [-0.25, -0.2) is 15.0 Å². The van der Waals surface area contributed by atoms with Crippen LogP contribution in [0.4, 0.5) is 17.5 Å². The molecule has 8 heteroatoms. The van der Waals surface area contributed by atoms with Gasteiger partial charge < -0.3 is 15.1 Å². The third kappa shape index (κ3) is 2.79. The van der Waals surface area contributed by atoms with Gasteiger partial charge in [-0.3, -0.25) is 0 Å². The molecule has 2 aromatic heterocycles. The number of halogens is 1. The predicted molar refractivity (Wildman–Crippen MR) is 110 cm³/mol. The second kappa shape index (κ2) is 7.19. The number of anilines is 3. The lowest BCUT2D eigenvalue weighted by molar-refractivity contribution is 0.266. The molecule has 0 amide bonds. The highest BCUT2D eigenvalue weighted by Crippen LogP contribution is 2.56. The van der Waals surface area contributed by atoms with Gasteiger partial charge in [0.05, 0.1) is 11.6 Å². The number of nitriles is 1. The Hall–Kier alpha value is -2.43. The van der Waals surface area contributed by atoms with E-state index in [1.54, 1.807) is 18.6 Å². The molecule has 1 saturated heterocycles. The van der Waals surface area contributed by atoms with E-state index >= 15 is 0 Å². The van der Waals surface area contributed by atoms with Gasteiger partial charge in [0.15, 0.2) is 0 Å². The molecule has 2 aliphatic heterocycles. The quantitative estimate of drug-likeness (QED) is 0.852. The fourth-order valence-electron chi connectivity index (χ4n) is 4.77. The number of fused-ring (bicyclic) bond motifs is 2. The topological polar surface area (TPSA) is 81.0 Å². The number of hydrogen-bond donors (Lipinski definition) is 1. The molecular formula is C20H24ClN7. The number of rotatable bonds is 3. The summed E-state index contributed by atoms with van der Waals surface area (Å²) in [6.45, 7) is 2.88. The summed E-state index contributed by atoms with van der Waals surface area (Å²) in [4.78, 5) is 18.5. The number of pyridine rings is 1. The predicted octanol–water partition coefficient (Wildman–Crippen LogP) is 2.54. The average molecular weight is 398 g/mol. The summed E-state index contributed by atoms with van der Waals surface area (Å²) >= 11 is 0. The molecule has 4 heterocycles. The molecule has 5 rings (SSSR count). The molecule has 1 spiro atoms. The zero-order chi connectivity index (χ0) is 18.4. The standard InChI is InChI=1S/C20H23N7.ClH/c1-22-15-4-8-26(11-15)18-17-19(25-13-24-18)27(12-20(17)5-2-6-20)16-9-14(10-21)3-7-23-16;/h3,7,9,13,15,22H,2,4-6,8,11-12H2,1H3;1H/t15-;/m0./s1. The second-order valence-corrected chi connectivity index (χ2v) is 7.85. The first-order chi connectivity index (χ1) is 13.2. The minimum absolute atomic E-state index is 0. The number of aromatic nitrogens is 3. The summed E-state index contributed by atoms with van der Waals surface area (Å²) in [6, 6.07) is 6.33. The van der Waals surface area contributed by atoms with E-state index in [-0.39, 0.29) is 17.8 Å². The van der Waals surface area contributed by atoms with Crippen LogP contribution >= 0.6 is 12.4 Å². The number of nitrogens with one attached hydrogen (secondary N) is 1. The first-order valence-corrected chi connectivity index (χ1v) is 9.65. The molecule has 0 radical (unpaired) electrons. The van der Waals surface area contributed by atoms with E-state index in [1.165, 1.54) is 12.0 Å². The van der Waals surface area contributed by atoms with Gasteiger partial charge in [0.25, 0.3) is 0 Å². The van der Waals surface area contributed by atoms with E-state index in [0.29, 0.717) is 11.6 Å². The highest BCUT2D eigenvalue weighted by atomic mass is 35.5. The van der Waals surface area contributed by atoms with Crippen LogP contribution < -0.4 is 15.1 Å². The lowest BCUT2D eigenvalue weighted by Gasteiger charge is -2.40. The Morgan fingerprint density at radius 1 is 1.25 bits per heavy atom. The Bertz CT molecular complexity index is 921. The van der Waals surface area contributed by atoms with Gasteiger partial charge in [0.1, 0.15) is 23.8 Å². The molecule has 1 N–H and O–H groups in total. The number of nitrogens with zero attached hydrogens (tertiary/aromatic N) is 6. The molecule has 0 bridgehead atoms. The summed E-state index contributed by atoms with van der Waals surface area (Å²) in [7, 11) is 2.03. The third-order valence-corrected chi connectivity index (χ3v) is 6.41. The van der Waals surface area contributed by atoms with Gasteiger partial charge in [0, 0.05) is 42.9 Å². The van der Waals surface area contributed by atoms with Gasteiger partial charge in [-0.2, -0.15) is 5.26 Å². The average Bonchev–Trinajstić information content (AvgIpc) is 3.30. The van der Waals surface area contributed by atoms with Crippen LogP contribution in [0.15, 0.2) is 24.7 Å². The summed E-state index contributed by atoms with van der Waals surface area (Å²) in [6.07, 6.45) is 8.10. The molecule has 0 aromatic carbocycles. The highest BCUT2D eigenvalue weighted by molar-refractivity contribution is 5.85. The molecular weight excluding hydrogens is 374 g/mol. The van der Waals surface area contributed by atoms with Crippen LogP contribution in [-0.4, -0.2) is 47.7 Å². The Morgan fingerprint density at radius 3 is 2.75 bits per heavy atom. The molecule has 28 heavy (non-hydrogen) atoms. The smallest absolute Gasteiger partial charge is 0.143 e. The fraction of sp³-hybridized carbons (Fsp3) is 0.500. The van der Waals surface area contributed by atoms with Crippen molar-refractivity contribution in [3.63, 3.8) is 0 Å². The van der Waals surface area contributed by atoms with Crippen molar-refractivity contribution in [1.82, 2.24) is 20.3 Å². The molecule has 2 aromatic rings. The molecule has 1 saturated carbocycles. The van der Waals surface area contributed by atoms with E-state index in [1.807, 2.05) is 13.1 Å². The number of likely N-dealkylation sites (N-methyl/N-ethyl adjacent to an activating group) is 1. The van der Waals surface area contributed by atoms with E-state index < -0.39 is 0 Å². The van der Waals surface area contributed by atoms with Crippen LogP contribution in [-0.2, 0) is 5.41 Å². The summed E-state index contributed by atoms with van der Waals surface area (Å²) in [5.74, 6) is 2.87. The Labute approximate surface area is 171 Å². The van der Waals surface area contributed by atoms with Crippen molar-refractivity contribution in [3.8, 4) is 6.07 Å². The first kappa shape index (κ1) is 18.9. The Balaban J connectivity index is 0.00000192. The van der Waals surface area contributed by atoms with Gasteiger partial charge >= 0.3 is 0 Å². The van der Waals surface area contributed by atoms with Crippen molar-refractivity contribution in [2.75, 3.05) is 36.5 Å². The Kier molecular flexibility index (Phi) is 4.86. The fourth-order valence-corrected chi connectivity index (χ4v) is 4.77. The van der Waals surface area contributed by atoms with Crippen LogP contribution in [0.5, 0.6) is 0 Å². The van der Waals surface area contributed by atoms with Crippen molar-refractivity contribution < 1.29 is 0 Å². The van der Waals surface area contributed by atoms with E-state index in [0.717, 1.165) is 56.4 Å². The Morgan fingerprint density at radius 2 is 2.07 bits per heavy atom. The maximum absolute atomic E-state index is 9.26. The normalized spacial score (nSPS) is 21.8. The highest BCUT2D eigenvalue weighted by Gasteiger charge is 2.51. The molecule has 7 nitrogen and oxygen atoms in total. The van der Waals surface area contributed by atoms with Gasteiger partial charge in [-0.15, -0.1) is 12.4 Å². The van der Waals surface area contributed by atoms with Crippen LogP contribution in [0.2, 0.25) is 0 Å². The third-order valence-electron chi connectivity index (χ3n) is 6.41. The molecule has 1 atom stereocenters. The molecule has 0 unspecified atom stereocenters. The van der Waals surface area contributed by atoms with E-state index in [4.69, 9.17) is 4.98 Å². The SMILES string of the molecule is CN[C@H]1CCN(c2ncnc3c2C2(CCC2)CN3c2cc(C#N)ccn2)C1.Cl. The second-order valence-electron chi connectivity index (χ2n) is 7.85. The lowest BCUT2D eigenvalue weighted by atomic mass is 9.66.